The Balaban J connectivity index is 1.31. The quantitative estimate of drug-likeness (QED) is 0.0829. The lowest BCUT2D eigenvalue weighted by molar-refractivity contribution is -0.135. The molecule has 2 fully saturated rings. The molecule has 20 heteroatoms. The molecule has 5 rings (SSSR count). The van der Waals surface area contributed by atoms with Crippen LogP contribution in [0.25, 0.3) is 0 Å². The molecule has 2 aliphatic rings. The smallest absolute Gasteiger partial charge is 0.321 e. The number of anilines is 1. The van der Waals surface area contributed by atoms with E-state index in [1.807, 2.05) is 0 Å². The van der Waals surface area contributed by atoms with Gasteiger partial charge in [-0.3, -0.25) is 38.5 Å². The van der Waals surface area contributed by atoms with Crippen LogP contribution in [0.5, 0.6) is 0 Å². The van der Waals surface area contributed by atoms with E-state index in [1.54, 1.807) is 88.4 Å². The third kappa shape index (κ3) is 14.5. The Labute approximate surface area is 389 Å². The fourth-order valence-electron chi connectivity index (χ4n) is 8.32. The minimum atomic E-state index is -1.84. The molecule has 0 bridgehead atoms. The number of rotatable bonds is 19. The van der Waals surface area contributed by atoms with Gasteiger partial charge in [-0.25, -0.2) is 9.78 Å². The van der Waals surface area contributed by atoms with E-state index in [2.05, 4.69) is 47.2 Å². The van der Waals surface area contributed by atoms with E-state index in [-0.39, 0.29) is 31.1 Å². The highest BCUT2D eigenvalue weighted by Crippen LogP contribution is 2.29. The third-order valence-electron chi connectivity index (χ3n) is 11.9. The lowest BCUT2D eigenvalue weighted by Gasteiger charge is -2.35. The predicted octanol–water partition coefficient (Wildman–Crippen LogP) is 1.44. The number of nitrogens with one attached hydrogen (secondary N) is 7. The first kappa shape index (κ1) is 51.0. The van der Waals surface area contributed by atoms with Gasteiger partial charge in [0.2, 0.25) is 29.5 Å². The first-order chi connectivity index (χ1) is 32.0. The Hall–Kier alpha value is -6.96. The maximum absolute atomic E-state index is 14.5. The molecule has 1 aliphatic carbocycles. The first-order valence-electron chi connectivity index (χ1n) is 22.6. The molecule has 2 aromatic carbocycles. The second kappa shape index (κ2) is 24.0. The summed E-state index contributed by atoms with van der Waals surface area (Å²) in [5.41, 5.74) is 5.57. The molecule has 1 unspecified atom stereocenters. The average molecular weight is 926 g/mol. The zero-order chi connectivity index (χ0) is 48.7. The van der Waals surface area contributed by atoms with Gasteiger partial charge in [0.15, 0.2) is 6.10 Å². The summed E-state index contributed by atoms with van der Waals surface area (Å²) in [6.45, 7) is 6.13. The highest BCUT2D eigenvalue weighted by Gasteiger charge is 2.45. The molecule has 1 saturated carbocycles. The van der Waals surface area contributed by atoms with E-state index in [4.69, 9.17) is 5.73 Å². The average Bonchev–Trinajstić information content (AvgIpc) is 3.75. The molecule has 1 aliphatic heterocycles. The Kier molecular flexibility index (Phi) is 18.3. The number of likely N-dealkylation sites (tertiary alicyclic amines) is 1. The van der Waals surface area contributed by atoms with E-state index < -0.39 is 102 Å². The number of hydrogen-bond acceptors (Lipinski definition) is 11. The number of urea groups is 1. The summed E-state index contributed by atoms with van der Waals surface area (Å²) < 4.78 is 0. The van der Waals surface area contributed by atoms with Crippen molar-refractivity contribution in [1.82, 2.24) is 46.8 Å². The molecular formula is C47H63N11O9. The summed E-state index contributed by atoms with van der Waals surface area (Å²) in [6.07, 6.45) is 6.89. The number of aliphatic hydroxyl groups excluding tert-OH is 1. The number of benzene rings is 2. The van der Waals surface area contributed by atoms with E-state index in [1.165, 1.54) is 23.5 Å². The second-order valence-electron chi connectivity index (χ2n) is 18.1. The number of primary amides is 1. The van der Waals surface area contributed by atoms with Gasteiger partial charge in [0.05, 0.1) is 30.7 Å². The lowest BCUT2D eigenvalue weighted by atomic mass is 9.82. The number of carbonyl (C=O) groups excluding carboxylic acids is 8. The van der Waals surface area contributed by atoms with Crippen LogP contribution in [0, 0.1) is 17.3 Å². The zero-order valence-electron chi connectivity index (χ0n) is 38.3. The number of nitrogens with zero attached hydrogens (tertiary/aromatic N) is 3. The summed E-state index contributed by atoms with van der Waals surface area (Å²) in [6, 6.07) is 10.8. The molecule has 2 heterocycles. The molecule has 0 radical (unpaired) electrons. The fourth-order valence-corrected chi connectivity index (χ4v) is 8.32. The van der Waals surface area contributed by atoms with Gasteiger partial charge in [0.25, 0.3) is 11.8 Å². The number of amides is 9. The topological polar surface area (TPSA) is 296 Å². The van der Waals surface area contributed by atoms with Crippen LogP contribution in [0.2, 0.25) is 0 Å². The van der Waals surface area contributed by atoms with Crippen LogP contribution in [0.3, 0.4) is 0 Å². The predicted molar refractivity (Wildman–Crippen MR) is 246 cm³/mol. The van der Waals surface area contributed by atoms with Crippen molar-refractivity contribution in [3.63, 3.8) is 0 Å². The molecule has 0 spiro atoms. The molecule has 3 aromatic rings. The van der Waals surface area contributed by atoms with E-state index in [0.717, 1.165) is 19.3 Å². The molecule has 1 aromatic heterocycles. The standard InChI is InChI=1S/C47H63N11O9/c1-5-15-32(38(60)44(65)51-25-35(59)55-36(40(48)61)28-16-9-6-10-17-28)53-41(62)31-26-58(46(67)52-30-20-13-8-14-21-30)27-34(31)54-45(66)39(47(2,3)4)57-43(64)37(29-18-11-7-12-19-29)56-42(63)33-24-49-22-23-50-33/h6,8-10,13-14,16-17,20-24,29,31-32,34,36-39,60H,5,7,11-12,15,18-19,25-27H2,1-4H3,(H2,48,61)(H,51,65)(H,52,67)(H,53,62)(H,54,66)(H,55,59)(H,56,63)(H,57,64)/t31-,32+,34+,36+,37+,38?,39-/m1/s1. The Morgan fingerprint density at radius 3 is 2.10 bits per heavy atom. The second-order valence-corrected chi connectivity index (χ2v) is 18.1. The minimum absolute atomic E-state index is 0.0312. The first-order valence-corrected chi connectivity index (χ1v) is 22.6. The monoisotopic (exact) mass is 925 g/mol. The van der Waals surface area contributed by atoms with Crippen LogP contribution in [0.1, 0.15) is 94.7 Å². The molecule has 360 valence electrons. The van der Waals surface area contributed by atoms with Crippen LogP contribution in [-0.4, -0.2) is 117 Å². The molecule has 20 nitrogen and oxygen atoms in total. The van der Waals surface area contributed by atoms with Gasteiger partial charge in [-0.05, 0) is 48.3 Å². The molecule has 9 amide bonds. The van der Waals surface area contributed by atoms with Crippen molar-refractivity contribution in [2.45, 2.75) is 109 Å². The van der Waals surface area contributed by atoms with Gasteiger partial charge < -0.3 is 53.0 Å². The fraction of sp³-hybridized carbons (Fsp3) is 0.489. The summed E-state index contributed by atoms with van der Waals surface area (Å²) >= 11 is 0. The van der Waals surface area contributed by atoms with E-state index in [9.17, 15) is 43.5 Å². The van der Waals surface area contributed by atoms with Gasteiger partial charge in [0, 0.05) is 31.2 Å². The number of hydrogen-bond donors (Lipinski definition) is 9. The van der Waals surface area contributed by atoms with Gasteiger partial charge in [0.1, 0.15) is 23.8 Å². The van der Waals surface area contributed by atoms with Gasteiger partial charge in [-0.15, -0.1) is 0 Å². The minimum Gasteiger partial charge on any atom is -0.381 e. The van der Waals surface area contributed by atoms with Crippen molar-refractivity contribution in [2.24, 2.45) is 23.0 Å². The van der Waals surface area contributed by atoms with E-state index in [0.29, 0.717) is 30.5 Å². The number of aliphatic hydroxyl groups is 1. The zero-order valence-corrected chi connectivity index (χ0v) is 38.3. The Bertz CT molecular complexity index is 2190. The normalized spacial score (nSPS) is 18.4. The molecule has 7 atom stereocenters. The molecular weight excluding hydrogens is 863 g/mol. The van der Waals surface area contributed by atoms with Crippen LogP contribution < -0.4 is 43.0 Å². The maximum Gasteiger partial charge on any atom is 0.321 e. The molecule has 10 N–H and O–H groups in total. The highest BCUT2D eigenvalue weighted by molar-refractivity contribution is 5.98. The van der Waals surface area contributed by atoms with E-state index >= 15 is 0 Å². The molecule has 67 heavy (non-hydrogen) atoms. The van der Waals surface area contributed by atoms with Crippen molar-refractivity contribution in [2.75, 3.05) is 25.0 Å². The van der Waals surface area contributed by atoms with Crippen molar-refractivity contribution in [3.8, 4) is 0 Å². The number of nitrogens with two attached hydrogens (primary N) is 1. The summed E-state index contributed by atoms with van der Waals surface area (Å²) in [4.78, 5) is 117. The maximum atomic E-state index is 14.5. The SMILES string of the molecule is CCC[C@H](NC(=O)[C@@H]1CN(C(=O)Nc2ccccc2)C[C@@H]1NC(=O)[C@@H](NC(=O)[C@@H](NC(=O)c1cnccn1)C1CCCCC1)C(C)(C)C)C(O)C(=O)NCC(=O)N[C@H](C(N)=O)c1ccccc1. The number of aromatic nitrogens is 2. The Morgan fingerprint density at radius 1 is 0.821 bits per heavy atom. The van der Waals surface area contributed by atoms with Crippen molar-refractivity contribution < 1.29 is 43.5 Å². The Morgan fingerprint density at radius 2 is 1.49 bits per heavy atom. The van der Waals surface area contributed by atoms with Gasteiger partial charge >= 0.3 is 6.03 Å². The highest BCUT2D eigenvalue weighted by atomic mass is 16.3. The van der Waals surface area contributed by atoms with Crippen LogP contribution in [-0.2, 0) is 28.8 Å². The lowest BCUT2D eigenvalue weighted by Crippen LogP contribution is -2.61. The van der Waals surface area contributed by atoms with Crippen LogP contribution >= 0.6 is 0 Å². The van der Waals surface area contributed by atoms with Crippen molar-refractivity contribution in [3.05, 3.63) is 90.5 Å². The summed E-state index contributed by atoms with van der Waals surface area (Å²) in [7, 11) is 0. The van der Waals surface area contributed by atoms with Gasteiger partial charge in [-0.1, -0.05) is 102 Å². The van der Waals surface area contributed by atoms with Crippen LogP contribution in [0.4, 0.5) is 10.5 Å². The summed E-state index contributed by atoms with van der Waals surface area (Å²) in [5, 5.41) is 30.2. The summed E-state index contributed by atoms with van der Waals surface area (Å²) in [5.74, 6) is -6.37. The largest absolute Gasteiger partial charge is 0.381 e. The van der Waals surface area contributed by atoms with Crippen molar-refractivity contribution in [1.29, 1.82) is 0 Å². The molecule has 1 saturated heterocycles. The number of carbonyl (C=O) groups is 8. The van der Waals surface area contributed by atoms with Gasteiger partial charge in [-0.2, -0.15) is 0 Å². The third-order valence-corrected chi connectivity index (χ3v) is 11.9. The van der Waals surface area contributed by atoms with Crippen LogP contribution in [0.15, 0.2) is 79.3 Å². The number of para-hydroxylation sites is 1. The van der Waals surface area contributed by atoms with Crippen molar-refractivity contribution >= 4 is 53.1 Å².